The molecule has 0 aromatic heterocycles. The van der Waals surface area contributed by atoms with Crippen LogP contribution in [-0.4, -0.2) is 39.4 Å². The standard InChI is InChI=1S/C11H20INO2S/c1-11(2,3)15-10(14)13-5-4-8(6-12)9(16)7-13/h8-9,16H,4-7H2,1-3H3. The minimum atomic E-state index is -0.413. The number of nitrogens with zero attached hydrogens (tertiary/aromatic N) is 1. The minimum absolute atomic E-state index is 0.210. The van der Waals surface area contributed by atoms with E-state index in [-0.39, 0.29) is 11.3 Å². The average Bonchev–Trinajstić information content (AvgIpc) is 2.15. The molecule has 2 atom stereocenters. The lowest BCUT2D eigenvalue weighted by Gasteiger charge is -2.36. The van der Waals surface area contributed by atoms with Crippen LogP contribution in [0.1, 0.15) is 27.2 Å². The van der Waals surface area contributed by atoms with E-state index >= 15 is 0 Å². The van der Waals surface area contributed by atoms with Crippen molar-refractivity contribution in [1.29, 1.82) is 0 Å². The van der Waals surface area contributed by atoms with Gasteiger partial charge in [-0.15, -0.1) is 0 Å². The molecule has 1 aliphatic heterocycles. The van der Waals surface area contributed by atoms with Crippen LogP contribution in [0.4, 0.5) is 4.79 Å². The van der Waals surface area contributed by atoms with Crippen molar-refractivity contribution in [3.05, 3.63) is 0 Å². The number of carbonyl (C=O) groups excluding carboxylic acids is 1. The van der Waals surface area contributed by atoms with Crippen molar-refractivity contribution in [1.82, 2.24) is 4.90 Å². The van der Waals surface area contributed by atoms with Crippen molar-refractivity contribution in [2.45, 2.75) is 38.0 Å². The highest BCUT2D eigenvalue weighted by Gasteiger charge is 2.30. The zero-order valence-corrected chi connectivity index (χ0v) is 13.1. The third kappa shape index (κ3) is 4.31. The summed E-state index contributed by atoms with van der Waals surface area (Å²) in [7, 11) is 0. The highest BCUT2D eigenvalue weighted by atomic mass is 127. The van der Waals surface area contributed by atoms with Gasteiger partial charge >= 0.3 is 6.09 Å². The lowest BCUT2D eigenvalue weighted by Crippen LogP contribution is -2.46. The van der Waals surface area contributed by atoms with E-state index in [0.717, 1.165) is 17.4 Å². The van der Waals surface area contributed by atoms with Crippen LogP contribution in [0.25, 0.3) is 0 Å². The summed E-state index contributed by atoms with van der Waals surface area (Å²) < 4.78 is 6.45. The quantitative estimate of drug-likeness (QED) is 0.444. The smallest absolute Gasteiger partial charge is 0.410 e. The van der Waals surface area contributed by atoms with Gasteiger partial charge in [0.15, 0.2) is 0 Å². The highest BCUT2D eigenvalue weighted by molar-refractivity contribution is 14.1. The Balaban J connectivity index is 2.48. The molecule has 5 heteroatoms. The van der Waals surface area contributed by atoms with Gasteiger partial charge in [-0.3, -0.25) is 0 Å². The number of piperidine rings is 1. The summed E-state index contributed by atoms with van der Waals surface area (Å²) in [5.41, 5.74) is -0.413. The predicted octanol–water partition coefficient (Wildman–Crippen LogP) is 2.98. The van der Waals surface area contributed by atoms with Gasteiger partial charge in [0, 0.05) is 22.8 Å². The fraction of sp³-hybridized carbons (Fsp3) is 0.909. The van der Waals surface area contributed by atoms with Gasteiger partial charge < -0.3 is 9.64 Å². The predicted molar refractivity (Wildman–Crippen MR) is 77.6 cm³/mol. The second-order valence-electron chi connectivity index (χ2n) is 5.20. The second-order valence-corrected chi connectivity index (χ2v) is 6.74. The van der Waals surface area contributed by atoms with Crippen LogP contribution >= 0.6 is 35.2 Å². The molecular weight excluding hydrogens is 337 g/mol. The highest BCUT2D eigenvalue weighted by Crippen LogP contribution is 2.25. The van der Waals surface area contributed by atoms with Gasteiger partial charge in [0.25, 0.3) is 0 Å². The Labute approximate surface area is 117 Å². The van der Waals surface area contributed by atoms with E-state index in [1.165, 1.54) is 0 Å². The van der Waals surface area contributed by atoms with Crippen LogP contribution in [0.5, 0.6) is 0 Å². The molecule has 16 heavy (non-hydrogen) atoms. The molecule has 3 nitrogen and oxygen atoms in total. The van der Waals surface area contributed by atoms with E-state index in [1.807, 2.05) is 20.8 Å². The summed E-state index contributed by atoms with van der Waals surface area (Å²) in [5, 5.41) is 0.276. The molecule has 0 radical (unpaired) electrons. The van der Waals surface area contributed by atoms with Gasteiger partial charge in [0.2, 0.25) is 0 Å². The first-order valence-corrected chi connectivity index (χ1v) is 7.59. The normalized spacial score (nSPS) is 26.7. The number of likely N-dealkylation sites (tertiary alicyclic amines) is 1. The number of halogens is 1. The first kappa shape index (κ1) is 14.4. The summed E-state index contributed by atoms with van der Waals surface area (Å²) in [6.07, 6.45) is 0.814. The lowest BCUT2D eigenvalue weighted by molar-refractivity contribution is 0.0199. The Bertz CT molecular complexity index is 255. The molecule has 0 N–H and O–H groups in total. The minimum Gasteiger partial charge on any atom is -0.444 e. The fourth-order valence-electron chi connectivity index (χ4n) is 1.65. The molecule has 1 heterocycles. The molecule has 1 rings (SSSR count). The average molecular weight is 357 g/mol. The molecule has 0 aromatic carbocycles. The Morgan fingerprint density at radius 3 is 2.62 bits per heavy atom. The van der Waals surface area contributed by atoms with Crippen LogP contribution in [0.15, 0.2) is 0 Å². The second kappa shape index (κ2) is 5.80. The van der Waals surface area contributed by atoms with Crippen molar-refractivity contribution in [2.24, 2.45) is 5.92 Å². The molecule has 0 bridgehead atoms. The number of hydrogen-bond donors (Lipinski definition) is 1. The van der Waals surface area contributed by atoms with Crippen molar-refractivity contribution in [2.75, 3.05) is 17.5 Å². The van der Waals surface area contributed by atoms with Gasteiger partial charge in [-0.2, -0.15) is 12.6 Å². The van der Waals surface area contributed by atoms with E-state index < -0.39 is 5.60 Å². The summed E-state index contributed by atoms with van der Waals surface area (Å²) in [6.45, 7) is 7.16. The summed E-state index contributed by atoms with van der Waals surface area (Å²) in [5.74, 6) is 0.614. The molecule has 0 spiro atoms. The van der Waals surface area contributed by atoms with Crippen molar-refractivity contribution >= 4 is 41.3 Å². The Morgan fingerprint density at radius 2 is 2.19 bits per heavy atom. The molecule has 1 saturated heterocycles. The largest absolute Gasteiger partial charge is 0.444 e. The van der Waals surface area contributed by atoms with Crippen molar-refractivity contribution in [3.63, 3.8) is 0 Å². The number of alkyl halides is 1. The molecule has 0 saturated carbocycles. The lowest BCUT2D eigenvalue weighted by atomic mass is 9.99. The number of rotatable bonds is 1. The van der Waals surface area contributed by atoms with Crippen LogP contribution in [0.3, 0.4) is 0 Å². The van der Waals surface area contributed by atoms with Crippen molar-refractivity contribution < 1.29 is 9.53 Å². The van der Waals surface area contributed by atoms with E-state index in [4.69, 9.17) is 4.74 Å². The molecule has 2 unspecified atom stereocenters. The topological polar surface area (TPSA) is 29.5 Å². The van der Waals surface area contributed by atoms with Gasteiger partial charge in [-0.05, 0) is 33.1 Å². The third-order valence-corrected chi connectivity index (χ3v) is 4.29. The number of amides is 1. The van der Waals surface area contributed by atoms with Gasteiger partial charge in [0.1, 0.15) is 5.60 Å². The van der Waals surface area contributed by atoms with E-state index in [0.29, 0.717) is 12.5 Å². The maximum Gasteiger partial charge on any atom is 0.410 e. The molecule has 94 valence electrons. The SMILES string of the molecule is CC(C)(C)OC(=O)N1CCC(CI)C(S)C1. The molecule has 0 aromatic rings. The van der Waals surface area contributed by atoms with Crippen LogP contribution in [0, 0.1) is 5.92 Å². The molecule has 1 aliphatic rings. The van der Waals surface area contributed by atoms with Crippen molar-refractivity contribution in [3.8, 4) is 0 Å². The summed E-state index contributed by atoms with van der Waals surface area (Å²) in [4.78, 5) is 13.6. The zero-order valence-electron chi connectivity index (χ0n) is 10.1. The van der Waals surface area contributed by atoms with E-state index in [2.05, 4.69) is 35.2 Å². The first-order chi connectivity index (χ1) is 7.33. The number of thiol groups is 1. The summed E-state index contributed by atoms with van der Waals surface area (Å²) >= 11 is 6.93. The number of carbonyl (C=O) groups is 1. The summed E-state index contributed by atoms with van der Waals surface area (Å²) in [6, 6.07) is 0. The zero-order chi connectivity index (χ0) is 12.3. The number of hydrogen-bond acceptors (Lipinski definition) is 3. The Kier molecular flexibility index (Phi) is 5.22. The molecule has 0 aliphatic carbocycles. The van der Waals surface area contributed by atoms with Crippen LogP contribution in [-0.2, 0) is 4.74 Å². The fourth-order valence-corrected chi connectivity index (χ4v) is 3.56. The maximum atomic E-state index is 11.8. The monoisotopic (exact) mass is 357 g/mol. The first-order valence-electron chi connectivity index (χ1n) is 5.55. The molecule has 1 fully saturated rings. The van der Waals surface area contributed by atoms with Crippen LogP contribution < -0.4 is 0 Å². The number of ether oxygens (including phenoxy) is 1. The van der Waals surface area contributed by atoms with Gasteiger partial charge in [0.05, 0.1) is 0 Å². The van der Waals surface area contributed by atoms with Gasteiger partial charge in [-0.25, -0.2) is 4.79 Å². The maximum absolute atomic E-state index is 11.8. The Hall–Kier alpha value is 0.350. The molecular formula is C11H20INO2S. The van der Waals surface area contributed by atoms with Crippen LogP contribution in [0.2, 0.25) is 0 Å². The third-order valence-electron chi connectivity index (χ3n) is 2.57. The van der Waals surface area contributed by atoms with Gasteiger partial charge in [-0.1, -0.05) is 22.6 Å². The molecule has 1 amide bonds. The van der Waals surface area contributed by atoms with E-state index in [9.17, 15) is 4.79 Å². The Morgan fingerprint density at radius 1 is 1.56 bits per heavy atom. The van der Waals surface area contributed by atoms with E-state index in [1.54, 1.807) is 4.90 Å².